The van der Waals surface area contributed by atoms with E-state index >= 15 is 0 Å². The van der Waals surface area contributed by atoms with Crippen molar-refractivity contribution in [3.05, 3.63) is 94.9 Å². The van der Waals surface area contributed by atoms with Gasteiger partial charge in [0.15, 0.2) is 6.04 Å². The molecule has 0 aliphatic carbocycles. The second kappa shape index (κ2) is 11.1. The molecular weight excluding hydrogens is 456 g/mol. The fraction of sp³-hybridized carbons (Fsp3) is 0.276. The standard InChI is InChI=1S/C29H30N2O5/c1-4-5-6-11-26(32)31-16-14-21-12-13-22(18-24(21)27(31)29(33)34)35-17-15-25-20(3)36-28(30-25)23-10-8-7-9-19(23)2/h4-13,18,27H,14-17H2,1-3H3,(H,33,34). The molecule has 1 aliphatic rings. The minimum absolute atomic E-state index is 0.330. The Bertz CT molecular complexity index is 1320. The van der Waals surface area contributed by atoms with Crippen LogP contribution in [0.1, 0.15) is 41.1 Å². The summed E-state index contributed by atoms with van der Waals surface area (Å²) >= 11 is 0. The lowest BCUT2D eigenvalue weighted by Crippen LogP contribution is -2.42. The highest BCUT2D eigenvalue weighted by Gasteiger charge is 2.35. The van der Waals surface area contributed by atoms with Gasteiger partial charge in [0.05, 0.1) is 12.3 Å². The van der Waals surface area contributed by atoms with Crippen molar-refractivity contribution in [3.63, 3.8) is 0 Å². The summed E-state index contributed by atoms with van der Waals surface area (Å²) in [5.74, 6) is 0.491. The highest BCUT2D eigenvalue weighted by Crippen LogP contribution is 2.33. The first-order chi connectivity index (χ1) is 17.4. The Hall–Kier alpha value is -4.13. The predicted molar refractivity (Wildman–Crippen MR) is 137 cm³/mol. The van der Waals surface area contributed by atoms with Gasteiger partial charge in [-0.25, -0.2) is 9.78 Å². The molecule has 3 aromatic rings. The average molecular weight is 487 g/mol. The topological polar surface area (TPSA) is 92.9 Å². The third kappa shape index (κ3) is 5.40. The lowest BCUT2D eigenvalue weighted by Gasteiger charge is -2.34. The maximum atomic E-state index is 12.7. The van der Waals surface area contributed by atoms with Gasteiger partial charge in [0.1, 0.15) is 11.5 Å². The number of benzene rings is 2. The number of hydrogen-bond donors (Lipinski definition) is 1. The van der Waals surface area contributed by atoms with Crippen LogP contribution in [0, 0.1) is 13.8 Å². The molecule has 0 radical (unpaired) electrons. The lowest BCUT2D eigenvalue weighted by molar-refractivity contribution is -0.149. The quantitative estimate of drug-likeness (QED) is 0.347. The van der Waals surface area contributed by atoms with Gasteiger partial charge < -0.3 is 19.2 Å². The predicted octanol–water partition coefficient (Wildman–Crippen LogP) is 5.22. The van der Waals surface area contributed by atoms with Crippen molar-refractivity contribution >= 4 is 11.9 Å². The Balaban J connectivity index is 1.47. The summed E-state index contributed by atoms with van der Waals surface area (Å²) in [4.78, 5) is 30.9. The van der Waals surface area contributed by atoms with Crippen molar-refractivity contribution in [2.45, 2.75) is 39.7 Å². The van der Waals surface area contributed by atoms with Crippen molar-refractivity contribution in [2.24, 2.45) is 0 Å². The van der Waals surface area contributed by atoms with Crippen LogP contribution in [0.3, 0.4) is 0 Å². The highest BCUT2D eigenvalue weighted by atomic mass is 16.5. The molecule has 186 valence electrons. The fourth-order valence-electron chi connectivity index (χ4n) is 4.38. The summed E-state index contributed by atoms with van der Waals surface area (Å²) in [5.41, 5.74) is 4.36. The van der Waals surface area contributed by atoms with E-state index in [-0.39, 0.29) is 5.91 Å². The first-order valence-corrected chi connectivity index (χ1v) is 12.0. The number of nitrogens with zero attached hydrogens (tertiary/aromatic N) is 2. The number of carboxylic acid groups (broad SMARTS) is 1. The molecule has 1 amide bonds. The van der Waals surface area contributed by atoms with Gasteiger partial charge in [-0.2, -0.15) is 0 Å². The number of allylic oxidation sites excluding steroid dienone is 3. The van der Waals surface area contributed by atoms with E-state index in [4.69, 9.17) is 9.15 Å². The molecule has 36 heavy (non-hydrogen) atoms. The van der Waals surface area contributed by atoms with E-state index in [0.29, 0.717) is 43.2 Å². The second-order valence-electron chi connectivity index (χ2n) is 8.70. The van der Waals surface area contributed by atoms with E-state index in [0.717, 1.165) is 28.1 Å². The number of rotatable bonds is 8. The average Bonchev–Trinajstić information content (AvgIpc) is 3.23. The van der Waals surface area contributed by atoms with Crippen LogP contribution in [-0.4, -0.2) is 40.0 Å². The monoisotopic (exact) mass is 486 g/mol. The largest absolute Gasteiger partial charge is 0.493 e. The van der Waals surface area contributed by atoms with Crippen LogP contribution in [0.5, 0.6) is 5.75 Å². The van der Waals surface area contributed by atoms with Crippen LogP contribution < -0.4 is 4.74 Å². The number of aromatic nitrogens is 1. The first kappa shape index (κ1) is 25.0. The van der Waals surface area contributed by atoms with Crippen molar-refractivity contribution in [1.29, 1.82) is 0 Å². The number of fused-ring (bicyclic) bond motifs is 1. The molecule has 0 fully saturated rings. The van der Waals surface area contributed by atoms with Gasteiger partial charge in [-0.1, -0.05) is 42.5 Å². The van der Waals surface area contributed by atoms with Gasteiger partial charge in [0.25, 0.3) is 0 Å². The second-order valence-corrected chi connectivity index (χ2v) is 8.70. The van der Waals surface area contributed by atoms with Gasteiger partial charge in [-0.3, -0.25) is 4.79 Å². The first-order valence-electron chi connectivity index (χ1n) is 12.0. The zero-order valence-electron chi connectivity index (χ0n) is 20.7. The number of aliphatic carboxylic acids is 1. The summed E-state index contributed by atoms with van der Waals surface area (Å²) in [6.07, 6.45) is 7.68. The minimum Gasteiger partial charge on any atom is -0.493 e. The van der Waals surface area contributed by atoms with Gasteiger partial charge in [0, 0.05) is 24.6 Å². The molecule has 2 aromatic carbocycles. The fourth-order valence-corrected chi connectivity index (χ4v) is 4.38. The maximum Gasteiger partial charge on any atom is 0.331 e. The minimum atomic E-state index is -1.07. The van der Waals surface area contributed by atoms with Gasteiger partial charge in [0.2, 0.25) is 11.8 Å². The van der Waals surface area contributed by atoms with Crippen LogP contribution >= 0.6 is 0 Å². The third-order valence-corrected chi connectivity index (χ3v) is 6.28. The molecule has 0 saturated carbocycles. The number of carbonyl (C=O) groups excluding carboxylic acids is 1. The van der Waals surface area contributed by atoms with Gasteiger partial charge in [-0.05, 0) is 62.1 Å². The number of carbonyl (C=O) groups is 2. The summed E-state index contributed by atoms with van der Waals surface area (Å²) in [6, 6.07) is 12.3. The molecule has 1 atom stereocenters. The summed E-state index contributed by atoms with van der Waals surface area (Å²) in [6.45, 7) is 6.45. The van der Waals surface area contributed by atoms with Crippen molar-refractivity contribution in [2.75, 3.05) is 13.2 Å². The number of aryl methyl sites for hydroxylation is 2. The molecule has 1 aliphatic heterocycles. The molecule has 0 spiro atoms. The van der Waals surface area contributed by atoms with Gasteiger partial charge >= 0.3 is 5.97 Å². The Morgan fingerprint density at radius 3 is 2.75 bits per heavy atom. The van der Waals surface area contributed by atoms with E-state index in [2.05, 4.69) is 4.98 Å². The Morgan fingerprint density at radius 2 is 2.00 bits per heavy atom. The molecule has 2 heterocycles. The van der Waals surface area contributed by atoms with E-state index in [1.54, 1.807) is 24.3 Å². The van der Waals surface area contributed by atoms with E-state index in [1.165, 1.54) is 11.0 Å². The zero-order valence-corrected chi connectivity index (χ0v) is 20.7. The Kier molecular flexibility index (Phi) is 7.68. The van der Waals surface area contributed by atoms with Gasteiger partial charge in [-0.15, -0.1) is 0 Å². The molecule has 7 nitrogen and oxygen atoms in total. The Morgan fingerprint density at radius 1 is 1.19 bits per heavy atom. The van der Waals surface area contributed by atoms with E-state index in [9.17, 15) is 14.7 Å². The summed E-state index contributed by atoms with van der Waals surface area (Å²) < 4.78 is 11.9. The van der Waals surface area contributed by atoms with Crippen LogP contribution in [0.15, 0.2) is 71.2 Å². The third-order valence-electron chi connectivity index (χ3n) is 6.28. The molecule has 0 saturated heterocycles. The highest BCUT2D eigenvalue weighted by molar-refractivity contribution is 5.92. The molecular formula is C29H30N2O5. The van der Waals surface area contributed by atoms with E-state index < -0.39 is 12.0 Å². The number of oxazole rings is 1. The van der Waals surface area contributed by atoms with Crippen molar-refractivity contribution in [1.82, 2.24) is 9.88 Å². The number of hydrogen-bond acceptors (Lipinski definition) is 5. The molecule has 4 rings (SSSR count). The van der Waals surface area contributed by atoms with Crippen LogP contribution in [0.2, 0.25) is 0 Å². The number of amides is 1. The van der Waals surface area contributed by atoms with Crippen LogP contribution in [0.25, 0.3) is 11.5 Å². The zero-order chi connectivity index (χ0) is 25.7. The maximum absolute atomic E-state index is 12.7. The lowest BCUT2D eigenvalue weighted by atomic mass is 9.92. The number of ether oxygens (including phenoxy) is 1. The van der Waals surface area contributed by atoms with Crippen LogP contribution in [-0.2, 0) is 22.4 Å². The number of carboxylic acids is 1. The molecule has 0 bridgehead atoms. The molecule has 1 unspecified atom stereocenters. The summed E-state index contributed by atoms with van der Waals surface area (Å²) in [5, 5.41) is 9.95. The van der Waals surface area contributed by atoms with Crippen LogP contribution in [0.4, 0.5) is 0 Å². The normalized spacial score (nSPS) is 15.4. The van der Waals surface area contributed by atoms with Crippen molar-refractivity contribution < 1.29 is 23.8 Å². The SMILES string of the molecule is CC=CC=CC(=O)N1CCc2ccc(OCCc3nc(-c4ccccc4C)oc3C)cc2C1C(=O)O. The molecule has 7 heteroatoms. The Labute approximate surface area is 210 Å². The smallest absolute Gasteiger partial charge is 0.331 e. The summed E-state index contributed by atoms with van der Waals surface area (Å²) in [7, 11) is 0. The molecule has 1 aromatic heterocycles. The van der Waals surface area contributed by atoms with Crippen molar-refractivity contribution in [3.8, 4) is 17.2 Å². The molecule has 1 N–H and O–H groups in total. The van der Waals surface area contributed by atoms with E-state index in [1.807, 2.05) is 57.2 Å².